The third-order valence-electron chi connectivity index (χ3n) is 4.93. The highest BCUT2D eigenvalue weighted by atomic mass is 16.5. The maximum Gasteiger partial charge on any atom is 0.224 e. The minimum absolute atomic E-state index is 0.0468. The number of benzene rings is 1. The average molecular weight is 344 g/mol. The summed E-state index contributed by atoms with van der Waals surface area (Å²) in [5.41, 5.74) is 1.67. The number of rotatable bonds is 7. The summed E-state index contributed by atoms with van der Waals surface area (Å²) in [6, 6.07) is 5.67. The Morgan fingerprint density at radius 3 is 3.12 bits per heavy atom. The van der Waals surface area contributed by atoms with Crippen LogP contribution in [0.3, 0.4) is 0 Å². The zero-order valence-corrected chi connectivity index (χ0v) is 15.2. The zero-order valence-electron chi connectivity index (χ0n) is 15.2. The topological polar surface area (TPSA) is 54.7 Å². The van der Waals surface area contributed by atoms with Crippen LogP contribution in [0.1, 0.15) is 31.7 Å². The van der Waals surface area contributed by atoms with Gasteiger partial charge in [0.15, 0.2) is 0 Å². The summed E-state index contributed by atoms with van der Waals surface area (Å²) in [4.78, 5) is 14.7. The number of fused-ring (bicyclic) bond motifs is 1. The van der Waals surface area contributed by atoms with Crippen molar-refractivity contribution < 1.29 is 13.9 Å². The summed E-state index contributed by atoms with van der Waals surface area (Å²) in [5, 5.41) is 4.00. The summed E-state index contributed by atoms with van der Waals surface area (Å²) in [6.07, 6.45) is 5.66. The van der Waals surface area contributed by atoms with Crippen LogP contribution in [0, 0.1) is 5.92 Å². The van der Waals surface area contributed by atoms with Gasteiger partial charge in [0, 0.05) is 30.1 Å². The fraction of sp³-hybridized carbons (Fsp3) is 0.550. The fourth-order valence-corrected chi connectivity index (χ4v) is 3.58. The predicted molar refractivity (Wildman–Crippen MR) is 98.9 cm³/mol. The molecule has 1 aliphatic heterocycles. The SMILES string of the molecule is COc1ccc2c(CC(=O)NCCCN3CCCC(C)C3)coc2c1. The van der Waals surface area contributed by atoms with Crippen LogP contribution < -0.4 is 10.1 Å². The number of likely N-dealkylation sites (tertiary alicyclic amines) is 1. The molecule has 1 atom stereocenters. The summed E-state index contributed by atoms with van der Waals surface area (Å²) >= 11 is 0. The molecule has 5 heteroatoms. The first-order valence-electron chi connectivity index (χ1n) is 9.19. The Labute approximate surface area is 149 Å². The lowest BCUT2D eigenvalue weighted by atomic mass is 10.0. The molecule has 1 aromatic carbocycles. The Bertz CT molecular complexity index is 710. The molecular weight excluding hydrogens is 316 g/mol. The molecule has 2 aromatic rings. The molecule has 0 radical (unpaired) electrons. The Balaban J connectivity index is 1.43. The van der Waals surface area contributed by atoms with Crippen molar-refractivity contribution >= 4 is 16.9 Å². The highest BCUT2D eigenvalue weighted by molar-refractivity contribution is 5.88. The standard InChI is InChI=1S/C20H28N2O3/c1-15-5-3-9-22(13-15)10-4-8-21-20(23)11-16-14-25-19-12-17(24-2)6-7-18(16)19/h6-7,12,14-15H,3-5,8-11,13H2,1-2H3,(H,21,23). The van der Waals surface area contributed by atoms with Crippen molar-refractivity contribution in [1.29, 1.82) is 0 Å². The van der Waals surface area contributed by atoms with E-state index in [1.54, 1.807) is 13.4 Å². The third kappa shape index (κ3) is 4.75. The number of methoxy groups -OCH3 is 1. The molecule has 1 N–H and O–H groups in total. The predicted octanol–water partition coefficient (Wildman–Crippen LogP) is 3.22. The first-order valence-corrected chi connectivity index (χ1v) is 9.19. The molecule has 5 nitrogen and oxygen atoms in total. The van der Waals surface area contributed by atoms with Gasteiger partial charge in [0.1, 0.15) is 11.3 Å². The Morgan fingerprint density at radius 1 is 1.44 bits per heavy atom. The molecule has 1 fully saturated rings. The average Bonchev–Trinajstić information content (AvgIpc) is 3.01. The molecule has 136 valence electrons. The van der Waals surface area contributed by atoms with E-state index in [1.807, 2.05) is 18.2 Å². The number of nitrogens with one attached hydrogen (secondary N) is 1. The van der Waals surface area contributed by atoms with Crippen LogP contribution >= 0.6 is 0 Å². The van der Waals surface area contributed by atoms with Gasteiger partial charge in [0.05, 0.1) is 19.8 Å². The molecule has 1 amide bonds. The maximum absolute atomic E-state index is 12.2. The largest absolute Gasteiger partial charge is 0.497 e. The highest BCUT2D eigenvalue weighted by Gasteiger charge is 2.15. The Kier molecular flexibility index (Phi) is 5.97. The van der Waals surface area contributed by atoms with E-state index in [0.717, 1.165) is 47.7 Å². The van der Waals surface area contributed by atoms with Crippen LogP contribution in [0.2, 0.25) is 0 Å². The lowest BCUT2D eigenvalue weighted by Crippen LogP contribution is -2.36. The molecule has 25 heavy (non-hydrogen) atoms. The number of hydrogen-bond donors (Lipinski definition) is 1. The van der Waals surface area contributed by atoms with Gasteiger partial charge < -0.3 is 19.4 Å². The summed E-state index contributed by atoms with van der Waals surface area (Å²) in [7, 11) is 1.63. The number of furan rings is 1. The fourth-order valence-electron chi connectivity index (χ4n) is 3.58. The van der Waals surface area contributed by atoms with Crippen LogP contribution in [0.4, 0.5) is 0 Å². The van der Waals surface area contributed by atoms with E-state index in [4.69, 9.17) is 9.15 Å². The molecule has 1 aromatic heterocycles. The van der Waals surface area contributed by atoms with Crippen LogP contribution in [-0.4, -0.2) is 44.1 Å². The van der Waals surface area contributed by atoms with E-state index in [2.05, 4.69) is 17.1 Å². The van der Waals surface area contributed by atoms with E-state index in [1.165, 1.54) is 25.9 Å². The quantitative estimate of drug-likeness (QED) is 0.784. The first kappa shape index (κ1) is 17.8. The van der Waals surface area contributed by atoms with Gasteiger partial charge in [-0.2, -0.15) is 0 Å². The van der Waals surface area contributed by atoms with Crippen molar-refractivity contribution in [1.82, 2.24) is 10.2 Å². The van der Waals surface area contributed by atoms with Gasteiger partial charge in [-0.3, -0.25) is 4.79 Å². The van der Waals surface area contributed by atoms with E-state index >= 15 is 0 Å². The molecule has 0 saturated carbocycles. The van der Waals surface area contributed by atoms with Crippen molar-refractivity contribution in [2.75, 3.05) is 33.3 Å². The molecule has 1 aliphatic rings. The smallest absolute Gasteiger partial charge is 0.224 e. The molecule has 0 aliphatic carbocycles. The van der Waals surface area contributed by atoms with Gasteiger partial charge in [0.25, 0.3) is 0 Å². The van der Waals surface area contributed by atoms with Gasteiger partial charge >= 0.3 is 0 Å². The maximum atomic E-state index is 12.2. The van der Waals surface area contributed by atoms with Gasteiger partial charge in [-0.1, -0.05) is 6.92 Å². The van der Waals surface area contributed by atoms with Crippen LogP contribution in [0.25, 0.3) is 11.0 Å². The lowest BCUT2D eigenvalue weighted by Gasteiger charge is -2.30. The lowest BCUT2D eigenvalue weighted by molar-refractivity contribution is -0.120. The zero-order chi connectivity index (χ0) is 17.6. The number of ether oxygens (including phenoxy) is 1. The normalized spacial score (nSPS) is 18.4. The van der Waals surface area contributed by atoms with Crippen LogP contribution in [0.15, 0.2) is 28.9 Å². The van der Waals surface area contributed by atoms with Gasteiger partial charge in [-0.25, -0.2) is 0 Å². The van der Waals surface area contributed by atoms with E-state index in [-0.39, 0.29) is 5.91 Å². The number of amides is 1. The number of hydrogen-bond acceptors (Lipinski definition) is 4. The molecule has 0 bridgehead atoms. The van der Waals surface area contributed by atoms with Crippen LogP contribution in [0.5, 0.6) is 5.75 Å². The van der Waals surface area contributed by atoms with Gasteiger partial charge in [-0.15, -0.1) is 0 Å². The second kappa shape index (κ2) is 8.39. The number of carbonyl (C=O) groups excluding carboxylic acids is 1. The van der Waals surface area contributed by atoms with Crippen molar-refractivity contribution in [2.45, 2.75) is 32.6 Å². The molecule has 3 rings (SSSR count). The Hall–Kier alpha value is -2.01. The minimum Gasteiger partial charge on any atom is -0.497 e. The second-order valence-electron chi connectivity index (χ2n) is 7.05. The van der Waals surface area contributed by atoms with Crippen molar-refractivity contribution in [3.63, 3.8) is 0 Å². The number of piperidine rings is 1. The van der Waals surface area contributed by atoms with Gasteiger partial charge in [-0.05, 0) is 50.4 Å². The van der Waals surface area contributed by atoms with Crippen molar-refractivity contribution in [2.24, 2.45) is 5.92 Å². The first-order chi connectivity index (χ1) is 12.2. The summed E-state index contributed by atoms with van der Waals surface area (Å²) in [6.45, 7) is 6.51. The number of nitrogens with zero attached hydrogens (tertiary/aromatic N) is 1. The van der Waals surface area contributed by atoms with Gasteiger partial charge in [0.2, 0.25) is 5.91 Å². The molecule has 0 spiro atoms. The number of carbonyl (C=O) groups is 1. The van der Waals surface area contributed by atoms with Crippen molar-refractivity contribution in [3.05, 3.63) is 30.0 Å². The van der Waals surface area contributed by atoms with Crippen LogP contribution in [-0.2, 0) is 11.2 Å². The molecule has 2 heterocycles. The van der Waals surface area contributed by atoms with E-state index in [9.17, 15) is 4.79 Å². The van der Waals surface area contributed by atoms with E-state index < -0.39 is 0 Å². The molecular formula is C20H28N2O3. The second-order valence-corrected chi connectivity index (χ2v) is 7.05. The molecule has 1 saturated heterocycles. The van der Waals surface area contributed by atoms with Crippen molar-refractivity contribution in [3.8, 4) is 5.75 Å². The monoisotopic (exact) mass is 344 g/mol. The summed E-state index contributed by atoms with van der Waals surface area (Å²) < 4.78 is 10.7. The summed E-state index contributed by atoms with van der Waals surface area (Å²) in [5.74, 6) is 1.60. The third-order valence-corrected chi connectivity index (χ3v) is 4.93. The van der Waals surface area contributed by atoms with E-state index in [0.29, 0.717) is 6.42 Å². The Morgan fingerprint density at radius 2 is 2.32 bits per heavy atom. The highest BCUT2D eigenvalue weighted by Crippen LogP contribution is 2.25. The molecule has 1 unspecified atom stereocenters. The minimum atomic E-state index is 0.0468.